The first-order valence-corrected chi connectivity index (χ1v) is 4.10. The van der Waals surface area contributed by atoms with Gasteiger partial charge in [0, 0.05) is 6.20 Å². The summed E-state index contributed by atoms with van der Waals surface area (Å²) in [5.41, 5.74) is 7.82. The van der Waals surface area contributed by atoms with Crippen molar-refractivity contribution in [2.45, 2.75) is 6.10 Å². The van der Waals surface area contributed by atoms with E-state index in [4.69, 9.17) is 15.7 Å². The molecule has 1 aromatic heterocycles. The van der Waals surface area contributed by atoms with Gasteiger partial charge in [0.1, 0.15) is 12.4 Å². The molecule has 2 rings (SSSR count). The number of hydrogen-bond donors (Lipinski definition) is 2. The molecule has 6 nitrogen and oxygen atoms in total. The van der Waals surface area contributed by atoms with E-state index in [-0.39, 0.29) is 6.10 Å². The Hall–Kier alpha value is -1.82. The Labute approximate surface area is 80.5 Å². The average Bonchev–Trinajstić information content (AvgIpc) is 3.03. The second-order valence-electron chi connectivity index (χ2n) is 2.84. The molecule has 72 valence electrons. The van der Waals surface area contributed by atoms with E-state index in [2.05, 4.69) is 10.2 Å². The summed E-state index contributed by atoms with van der Waals surface area (Å²) in [4.78, 5) is 4.00. The van der Waals surface area contributed by atoms with Crippen LogP contribution in [0.2, 0.25) is 0 Å². The van der Waals surface area contributed by atoms with Gasteiger partial charge in [-0.25, -0.2) is 4.98 Å². The van der Waals surface area contributed by atoms with E-state index in [0.717, 1.165) is 23.5 Å². The molecule has 2 heterocycles. The van der Waals surface area contributed by atoms with Gasteiger partial charge >= 0.3 is 0 Å². The molecule has 6 heteroatoms. The van der Waals surface area contributed by atoms with Crippen LogP contribution >= 0.6 is 0 Å². The third kappa shape index (κ3) is 1.60. The van der Waals surface area contributed by atoms with Crippen LogP contribution in [0.25, 0.3) is 0 Å². The lowest BCUT2D eigenvalue weighted by atomic mass is 10.2. The van der Waals surface area contributed by atoms with Gasteiger partial charge in [-0.15, -0.1) is 0 Å². The molecule has 1 atom stereocenters. The molecule has 0 unspecified atom stereocenters. The van der Waals surface area contributed by atoms with Crippen molar-refractivity contribution in [2.24, 2.45) is 5.22 Å². The van der Waals surface area contributed by atoms with Crippen molar-refractivity contribution in [1.82, 2.24) is 4.98 Å². The lowest BCUT2D eigenvalue weighted by Gasteiger charge is -2.09. The predicted molar refractivity (Wildman–Crippen MR) is 49.3 cm³/mol. The maximum Gasteiger partial charge on any atom is 0.157 e. The van der Waals surface area contributed by atoms with Gasteiger partial charge in [-0.1, -0.05) is 5.22 Å². The number of epoxide rings is 1. The Balaban J connectivity index is 2.28. The van der Waals surface area contributed by atoms with E-state index in [1.807, 2.05) is 6.07 Å². The highest BCUT2D eigenvalue weighted by Gasteiger charge is 2.25. The van der Waals surface area contributed by atoms with Crippen LogP contribution < -0.4 is 5.01 Å². The molecule has 1 fully saturated rings. The van der Waals surface area contributed by atoms with Crippen molar-refractivity contribution in [3.05, 3.63) is 23.9 Å². The highest BCUT2D eigenvalue weighted by molar-refractivity contribution is 5.73. The van der Waals surface area contributed by atoms with Crippen LogP contribution in [-0.4, -0.2) is 17.9 Å². The first-order chi connectivity index (χ1) is 6.85. The Morgan fingerprint density at radius 1 is 1.71 bits per heavy atom. The molecule has 1 aliphatic rings. The van der Waals surface area contributed by atoms with Gasteiger partial charge in [0.05, 0.1) is 6.61 Å². The molecule has 1 saturated heterocycles. The third-order valence-electron chi connectivity index (χ3n) is 1.94. The van der Waals surface area contributed by atoms with Crippen LogP contribution in [-0.2, 0) is 4.74 Å². The van der Waals surface area contributed by atoms with Crippen LogP contribution in [0.5, 0.6) is 0 Å². The Kier molecular flexibility index (Phi) is 2.19. The minimum atomic E-state index is 0.148. The molecule has 0 bridgehead atoms. The van der Waals surface area contributed by atoms with E-state index >= 15 is 0 Å². The zero-order valence-corrected chi connectivity index (χ0v) is 7.34. The summed E-state index contributed by atoms with van der Waals surface area (Å²) < 4.78 is 5.12. The number of rotatable bonds is 4. The SMILES string of the molecule is N=CN(N=N)c1cc([C@H]2CO2)ccn1. The second-order valence-corrected chi connectivity index (χ2v) is 2.84. The Bertz CT molecular complexity index is 355. The van der Waals surface area contributed by atoms with Crippen LogP contribution in [0, 0.1) is 10.9 Å². The highest BCUT2D eigenvalue weighted by atomic mass is 16.6. The fraction of sp³-hybridized carbons (Fsp3) is 0.250. The number of ether oxygens (including phenoxy) is 1. The molecule has 1 aromatic rings. The summed E-state index contributed by atoms with van der Waals surface area (Å²) in [6, 6.07) is 3.62. The molecule has 0 radical (unpaired) electrons. The topological polar surface area (TPSA) is 88.7 Å². The molecule has 0 spiro atoms. The molecule has 0 amide bonds. The van der Waals surface area contributed by atoms with Crippen molar-refractivity contribution in [1.29, 1.82) is 10.9 Å². The van der Waals surface area contributed by atoms with E-state index in [0.29, 0.717) is 5.82 Å². The normalized spacial score (nSPS) is 18.7. The summed E-state index contributed by atoms with van der Waals surface area (Å²) in [6.07, 6.45) is 2.70. The van der Waals surface area contributed by atoms with Gasteiger partial charge < -0.3 is 4.74 Å². The monoisotopic (exact) mass is 191 g/mol. The van der Waals surface area contributed by atoms with Crippen molar-refractivity contribution < 1.29 is 4.74 Å². The standard InChI is InChI=1S/C8H9N5O/c9-5-13(12-10)8-3-6(1-2-11-8)7-4-14-7/h1-3,5,7,9-10H,4H2/t7-/m1/s1. The van der Waals surface area contributed by atoms with Gasteiger partial charge in [-0.05, 0) is 17.7 Å². The zero-order chi connectivity index (χ0) is 9.97. The average molecular weight is 191 g/mol. The van der Waals surface area contributed by atoms with Gasteiger partial charge in [-0.3, -0.25) is 5.41 Å². The second kappa shape index (κ2) is 3.51. The minimum Gasteiger partial charge on any atom is -0.368 e. The quantitative estimate of drug-likeness (QED) is 0.248. The van der Waals surface area contributed by atoms with Gasteiger partial charge in [0.15, 0.2) is 5.82 Å². The summed E-state index contributed by atoms with van der Waals surface area (Å²) in [6.45, 7) is 0.728. The predicted octanol–water partition coefficient (Wildman–Crippen LogP) is 1.51. The van der Waals surface area contributed by atoms with Crippen LogP contribution in [0.4, 0.5) is 5.82 Å². The molecule has 0 saturated carbocycles. The van der Waals surface area contributed by atoms with Crippen molar-refractivity contribution >= 4 is 12.2 Å². The van der Waals surface area contributed by atoms with Gasteiger partial charge in [-0.2, -0.15) is 10.5 Å². The number of nitrogens with one attached hydrogen (secondary N) is 2. The number of nitrogens with zero attached hydrogens (tertiary/aromatic N) is 3. The Morgan fingerprint density at radius 2 is 2.50 bits per heavy atom. The third-order valence-corrected chi connectivity index (χ3v) is 1.94. The largest absolute Gasteiger partial charge is 0.368 e. The lowest BCUT2D eigenvalue weighted by molar-refractivity contribution is 0.415. The zero-order valence-electron chi connectivity index (χ0n) is 7.34. The van der Waals surface area contributed by atoms with Crippen LogP contribution in [0.1, 0.15) is 11.7 Å². The molecule has 14 heavy (non-hydrogen) atoms. The van der Waals surface area contributed by atoms with Crippen molar-refractivity contribution in [3.63, 3.8) is 0 Å². The fourth-order valence-corrected chi connectivity index (χ4v) is 1.15. The molecule has 2 N–H and O–H groups in total. The van der Waals surface area contributed by atoms with E-state index in [1.54, 1.807) is 12.3 Å². The summed E-state index contributed by atoms with van der Waals surface area (Å²) in [5, 5.41) is 11.2. The summed E-state index contributed by atoms with van der Waals surface area (Å²) in [5.74, 6) is 0.461. The highest BCUT2D eigenvalue weighted by Crippen LogP contribution is 2.30. The number of hydrogen-bond acceptors (Lipinski definition) is 5. The van der Waals surface area contributed by atoms with E-state index in [9.17, 15) is 0 Å². The van der Waals surface area contributed by atoms with Crippen LogP contribution in [0.15, 0.2) is 23.6 Å². The molecule has 0 aliphatic carbocycles. The summed E-state index contributed by atoms with van der Waals surface area (Å²) >= 11 is 0. The van der Waals surface area contributed by atoms with Crippen LogP contribution in [0.3, 0.4) is 0 Å². The van der Waals surface area contributed by atoms with E-state index < -0.39 is 0 Å². The maximum atomic E-state index is 7.01. The number of aromatic nitrogens is 1. The Morgan fingerprint density at radius 3 is 3.07 bits per heavy atom. The van der Waals surface area contributed by atoms with Crippen molar-refractivity contribution in [3.8, 4) is 0 Å². The maximum absolute atomic E-state index is 7.01. The molecule has 1 aliphatic heterocycles. The first kappa shape index (κ1) is 8.76. The van der Waals surface area contributed by atoms with Gasteiger partial charge in [0.2, 0.25) is 0 Å². The number of anilines is 1. The molecular formula is C8H9N5O. The first-order valence-electron chi connectivity index (χ1n) is 4.10. The smallest absolute Gasteiger partial charge is 0.157 e. The van der Waals surface area contributed by atoms with Crippen molar-refractivity contribution in [2.75, 3.05) is 11.6 Å². The number of pyridine rings is 1. The fourth-order valence-electron chi connectivity index (χ4n) is 1.15. The lowest BCUT2D eigenvalue weighted by Crippen LogP contribution is -2.13. The molecule has 0 aromatic carbocycles. The van der Waals surface area contributed by atoms with E-state index in [1.165, 1.54) is 0 Å². The summed E-state index contributed by atoms with van der Waals surface area (Å²) in [7, 11) is 0. The van der Waals surface area contributed by atoms with Gasteiger partial charge in [0.25, 0.3) is 0 Å². The minimum absolute atomic E-state index is 0.148. The molecular weight excluding hydrogens is 182 g/mol.